The Hall–Kier alpha value is -1.99. The predicted molar refractivity (Wildman–Crippen MR) is 83.5 cm³/mol. The molecule has 1 nitrogen and oxygen atoms in total. The summed E-state index contributed by atoms with van der Waals surface area (Å²) in [4.78, 5) is 0. The Kier molecular flexibility index (Phi) is 2.92. The summed E-state index contributed by atoms with van der Waals surface area (Å²) in [6.07, 6.45) is 0. The average Bonchev–Trinajstić information content (AvgIpc) is 2.43. The smallest absolute Gasteiger partial charge is 0.0484 e. The molecule has 0 aliphatic heterocycles. The van der Waals surface area contributed by atoms with Crippen LogP contribution in [0.3, 0.4) is 0 Å². The molecule has 0 heterocycles. The van der Waals surface area contributed by atoms with Crippen LogP contribution in [0, 0.1) is 6.92 Å². The summed E-state index contributed by atoms with van der Waals surface area (Å²) >= 11 is 6.26. The first kappa shape index (κ1) is 12.1. The molecule has 0 radical (unpaired) electrons. The quantitative estimate of drug-likeness (QED) is 0.614. The minimum atomic E-state index is 0.777. The van der Waals surface area contributed by atoms with Crippen LogP contribution >= 0.6 is 11.6 Å². The van der Waals surface area contributed by atoms with Gasteiger partial charge in [0.15, 0.2) is 0 Å². The van der Waals surface area contributed by atoms with Crippen molar-refractivity contribution in [3.63, 3.8) is 0 Å². The Morgan fingerprint density at radius 2 is 1.58 bits per heavy atom. The highest BCUT2D eigenvalue weighted by atomic mass is 35.5. The summed E-state index contributed by atoms with van der Waals surface area (Å²) in [6, 6.07) is 18.2. The molecular formula is C17H14ClN. The van der Waals surface area contributed by atoms with E-state index in [2.05, 4.69) is 19.1 Å². The molecule has 0 unspecified atom stereocenters. The van der Waals surface area contributed by atoms with Crippen molar-refractivity contribution in [2.45, 2.75) is 6.92 Å². The molecule has 0 saturated heterocycles. The molecule has 0 spiro atoms. The number of hydrogen-bond donors (Lipinski definition) is 1. The molecule has 3 aromatic rings. The monoisotopic (exact) mass is 267 g/mol. The third-order valence-electron chi connectivity index (χ3n) is 3.42. The van der Waals surface area contributed by atoms with Crippen molar-refractivity contribution in [2.24, 2.45) is 0 Å². The van der Waals surface area contributed by atoms with Gasteiger partial charge in [-0.25, -0.2) is 0 Å². The summed E-state index contributed by atoms with van der Waals surface area (Å²) in [5.41, 5.74) is 10.2. The molecular weight excluding hydrogens is 254 g/mol. The van der Waals surface area contributed by atoms with Crippen molar-refractivity contribution in [1.82, 2.24) is 0 Å². The lowest BCUT2D eigenvalue weighted by Crippen LogP contribution is -1.90. The Labute approximate surface area is 117 Å². The van der Waals surface area contributed by atoms with Gasteiger partial charge in [0.2, 0.25) is 0 Å². The lowest BCUT2D eigenvalue weighted by molar-refractivity contribution is 1.47. The molecule has 2 N–H and O–H groups in total. The van der Waals surface area contributed by atoms with Gasteiger partial charge in [-0.2, -0.15) is 0 Å². The number of anilines is 1. The number of rotatable bonds is 1. The number of halogens is 1. The fourth-order valence-electron chi connectivity index (χ4n) is 2.43. The van der Waals surface area contributed by atoms with Crippen LogP contribution in [0.25, 0.3) is 21.9 Å². The van der Waals surface area contributed by atoms with Crippen molar-refractivity contribution in [2.75, 3.05) is 5.73 Å². The van der Waals surface area contributed by atoms with Crippen molar-refractivity contribution < 1.29 is 0 Å². The van der Waals surface area contributed by atoms with E-state index in [4.69, 9.17) is 17.3 Å². The van der Waals surface area contributed by atoms with Crippen molar-refractivity contribution in [3.05, 3.63) is 65.2 Å². The first-order chi connectivity index (χ1) is 9.16. The molecule has 2 heteroatoms. The molecule has 0 amide bonds. The van der Waals surface area contributed by atoms with Crippen LogP contribution in [0.4, 0.5) is 5.69 Å². The number of nitrogens with two attached hydrogens (primary N) is 1. The van der Waals surface area contributed by atoms with E-state index in [9.17, 15) is 0 Å². The normalized spacial score (nSPS) is 10.8. The fraction of sp³-hybridized carbons (Fsp3) is 0.0588. The third-order valence-corrected chi connectivity index (χ3v) is 3.75. The van der Waals surface area contributed by atoms with Crippen LogP contribution in [-0.4, -0.2) is 0 Å². The number of nitrogen functional groups attached to an aromatic ring is 1. The van der Waals surface area contributed by atoms with Crippen LogP contribution in [0.2, 0.25) is 5.02 Å². The summed E-state index contributed by atoms with van der Waals surface area (Å²) in [6.45, 7) is 2.10. The highest BCUT2D eigenvalue weighted by Crippen LogP contribution is 2.35. The molecule has 3 rings (SSSR count). The van der Waals surface area contributed by atoms with Gasteiger partial charge in [-0.15, -0.1) is 0 Å². The van der Waals surface area contributed by atoms with Gasteiger partial charge in [-0.05, 0) is 47.2 Å². The summed E-state index contributed by atoms with van der Waals surface area (Å²) in [7, 11) is 0. The maximum absolute atomic E-state index is 6.26. The highest BCUT2D eigenvalue weighted by molar-refractivity contribution is 6.36. The van der Waals surface area contributed by atoms with Gasteiger partial charge in [0.25, 0.3) is 0 Å². The minimum absolute atomic E-state index is 0.777. The third kappa shape index (κ3) is 2.06. The van der Waals surface area contributed by atoms with E-state index >= 15 is 0 Å². The Morgan fingerprint density at radius 3 is 2.37 bits per heavy atom. The van der Waals surface area contributed by atoms with E-state index in [0.717, 1.165) is 27.0 Å². The standard InChI is InChI=1S/C17H14ClN/c1-11-6-7-12(19)10-16(11)14-8-9-17(18)15-5-3-2-4-13(14)15/h2-10H,19H2,1H3. The van der Waals surface area contributed by atoms with Gasteiger partial charge >= 0.3 is 0 Å². The molecule has 19 heavy (non-hydrogen) atoms. The minimum Gasteiger partial charge on any atom is -0.399 e. The number of hydrogen-bond acceptors (Lipinski definition) is 1. The fourth-order valence-corrected chi connectivity index (χ4v) is 2.65. The van der Waals surface area contributed by atoms with E-state index in [-0.39, 0.29) is 0 Å². The zero-order chi connectivity index (χ0) is 13.4. The van der Waals surface area contributed by atoms with Gasteiger partial charge < -0.3 is 5.73 Å². The maximum atomic E-state index is 6.26. The number of fused-ring (bicyclic) bond motifs is 1. The number of aryl methyl sites for hydroxylation is 1. The Morgan fingerprint density at radius 1 is 0.842 bits per heavy atom. The molecule has 0 aromatic heterocycles. The molecule has 0 aliphatic carbocycles. The van der Waals surface area contributed by atoms with Crippen LogP contribution in [-0.2, 0) is 0 Å². The zero-order valence-corrected chi connectivity index (χ0v) is 11.4. The van der Waals surface area contributed by atoms with Crippen LogP contribution in [0.15, 0.2) is 54.6 Å². The van der Waals surface area contributed by atoms with E-state index in [1.54, 1.807) is 0 Å². The van der Waals surface area contributed by atoms with Gasteiger partial charge in [-0.3, -0.25) is 0 Å². The average molecular weight is 268 g/mol. The molecule has 0 fully saturated rings. The van der Waals surface area contributed by atoms with E-state index in [1.807, 2.05) is 42.5 Å². The number of benzene rings is 3. The molecule has 0 bridgehead atoms. The second kappa shape index (κ2) is 4.60. The predicted octanol–water partition coefficient (Wildman–Crippen LogP) is 5.05. The van der Waals surface area contributed by atoms with E-state index < -0.39 is 0 Å². The first-order valence-electron chi connectivity index (χ1n) is 6.20. The maximum Gasteiger partial charge on any atom is 0.0484 e. The topological polar surface area (TPSA) is 26.0 Å². The lowest BCUT2D eigenvalue weighted by atomic mass is 9.95. The molecule has 0 aliphatic rings. The first-order valence-corrected chi connectivity index (χ1v) is 6.58. The summed E-state index contributed by atoms with van der Waals surface area (Å²) in [5.74, 6) is 0. The van der Waals surface area contributed by atoms with Crippen LogP contribution in [0.1, 0.15) is 5.56 Å². The second-order valence-corrected chi connectivity index (χ2v) is 5.12. The SMILES string of the molecule is Cc1ccc(N)cc1-c1ccc(Cl)c2ccccc12. The van der Waals surface area contributed by atoms with Gasteiger partial charge in [0.1, 0.15) is 0 Å². The second-order valence-electron chi connectivity index (χ2n) is 4.71. The Bertz CT molecular complexity index is 762. The van der Waals surface area contributed by atoms with Gasteiger partial charge in [0.05, 0.1) is 0 Å². The van der Waals surface area contributed by atoms with E-state index in [1.165, 1.54) is 11.1 Å². The van der Waals surface area contributed by atoms with Gasteiger partial charge in [0, 0.05) is 16.1 Å². The van der Waals surface area contributed by atoms with Crippen molar-refractivity contribution in [3.8, 4) is 11.1 Å². The van der Waals surface area contributed by atoms with Crippen molar-refractivity contribution >= 4 is 28.1 Å². The largest absolute Gasteiger partial charge is 0.399 e. The Balaban J connectivity index is 2.37. The summed E-state index contributed by atoms with van der Waals surface area (Å²) in [5, 5.41) is 3.01. The lowest BCUT2D eigenvalue weighted by Gasteiger charge is -2.11. The van der Waals surface area contributed by atoms with Crippen LogP contribution in [0.5, 0.6) is 0 Å². The molecule has 0 saturated carbocycles. The van der Waals surface area contributed by atoms with Crippen LogP contribution < -0.4 is 5.73 Å². The highest BCUT2D eigenvalue weighted by Gasteiger charge is 2.08. The van der Waals surface area contributed by atoms with Crippen molar-refractivity contribution in [1.29, 1.82) is 0 Å². The van der Waals surface area contributed by atoms with E-state index in [0.29, 0.717) is 0 Å². The molecule has 3 aromatic carbocycles. The summed E-state index contributed by atoms with van der Waals surface area (Å²) < 4.78 is 0. The molecule has 94 valence electrons. The molecule has 0 atom stereocenters. The zero-order valence-electron chi connectivity index (χ0n) is 10.7. The van der Waals surface area contributed by atoms with Gasteiger partial charge in [-0.1, -0.05) is 48.0 Å².